The van der Waals surface area contributed by atoms with Crippen LogP contribution in [0.4, 0.5) is 67.0 Å². The number of fused-ring (bicyclic) bond motifs is 1. The molecule has 576 valence electrons. The SMILES string of the molecule is Brc1ccc(-n2c(-c3ccccc3)nc3ccccc32)cc1.C.CCO.Nc1ccc(Br)cc1.Nc1ccccc1Nc1ccc(Br)cc1.O=C(Cl)c1ccccc1.O=C(Nc1ccccc1Nc1ccc(Br)cc1)c1ccccc1.O=[N+]([O-])c1ccccc1F.O=[N+]([O-])c1ccccc1Nc1ccc(Br)cc1.[Cl][Sn][Cl].[F-].[K+]. The van der Waals surface area contributed by atoms with E-state index < -0.39 is 45.5 Å². The molecule has 0 unspecified atom stereocenters. The van der Waals surface area contributed by atoms with Crippen LogP contribution in [0.15, 0.2) is 356 Å². The third-order valence-electron chi connectivity index (χ3n) is 14.2. The molecule has 0 aliphatic heterocycles. The van der Waals surface area contributed by atoms with Gasteiger partial charge in [0.05, 0.1) is 43.6 Å². The van der Waals surface area contributed by atoms with Crippen LogP contribution in [0.3, 0.4) is 0 Å². The van der Waals surface area contributed by atoms with Crippen LogP contribution in [0.2, 0.25) is 0 Å². The molecule has 0 spiro atoms. The second kappa shape index (κ2) is 55.3. The zero-order chi connectivity index (χ0) is 79.6. The number of aliphatic hydroxyl groups excluding tert-OH is 1. The van der Waals surface area contributed by atoms with Crippen LogP contribution in [-0.2, 0) is 0 Å². The van der Waals surface area contributed by atoms with Gasteiger partial charge in [0.15, 0.2) is 0 Å². The third kappa shape index (κ3) is 36.0. The second-order valence-electron chi connectivity index (χ2n) is 22.0. The summed E-state index contributed by atoms with van der Waals surface area (Å²) in [6, 6.07) is 102. The molecule has 17 nitrogen and oxygen atoms in total. The number of nitrogens with one attached hydrogen (secondary N) is 4. The zero-order valence-corrected chi connectivity index (χ0v) is 75.8. The van der Waals surface area contributed by atoms with Crippen molar-refractivity contribution in [1.82, 2.24) is 9.55 Å². The van der Waals surface area contributed by atoms with Crippen molar-refractivity contribution < 1.29 is 85.0 Å². The summed E-state index contributed by atoms with van der Waals surface area (Å²) in [5.74, 6) is 0.0345. The number of anilines is 9. The normalized spacial score (nSPS) is 9.51. The summed E-state index contributed by atoms with van der Waals surface area (Å²) in [6.45, 7) is 1.93. The molecule has 0 aliphatic carbocycles. The minimum Gasteiger partial charge on any atom is -1.00 e. The van der Waals surface area contributed by atoms with Gasteiger partial charge >= 0.3 is 93.8 Å². The molecule has 14 rings (SSSR count). The summed E-state index contributed by atoms with van der Waals surface area (Å²) < 4.78 is 19.8. The van der Waals surface area contributed by atoms with Crippen molar-refractivity contribution in [2.45, 2.75) is 14.4 Å². The van der Waals surface area contributed by atoms with Gasteiger partial charge in [-0.25, -0.2) is 4.98 Å². The fraction of sp³-hybridized carbons (Fsp3) is 0.0357. The number of carbonyl (C=O) groups excluding carboxylic acids is 2. The summed E-state index contributed by atoms with van der Waals surface area (Å²) in [5.41, 5.74) is 23.7. The molecule has 14 aromatic rings. The molecule has 1 heterocycles. The first kappa shape index (κ1) is 99.0. The standard InChI is InChI=1S/C19H15BrN2O.C19H13BrN2.C12H9BrN2O2.C12H11BrN2.C7H5ClO.C6H6BrN.C6H4FNO2.C2H6O.CH4.2ClH.FH.K.Sn/c20-15-10-12-16(13-11-15)21-17-8-4-5-9-18(17)22-19(23)14-6-2-1-3-7-14;20-15-10-12-16(13-11-15)22-18-9-5-4-8-17(18)21-19(22)14-6-2-1-3-7-14;13-9-5-7-10(8-6-9)14-11-3-1-2-4-12(11)15(16)17;13-9-5-7-10(8-6-9)15-12-4-2-1-3-11(12)14;8-7(9)6-4-2-1-3-5-6;7-5-1-3-6(8)4-2-5;7-5-3-1-2-4-6(5)8(9)10;1-2-3;;;;;;/h1-13,21H,(H,22,23);1-13H;1-8,14H;1-8,15H,14H2;1-5H;1-4H,8H2;1-4H;3H,2H2,1H3;1H4;3*1H;;/q;;;;;;;;;;;;+1;+2/p-3. The first-order valence-electron chi connectivity index (χ1n) is 32.7. The van der Waals surface area contributed by atoms with Crippen LogP contribution in [0.5, 0.6) is 0 Å². The quantitative estimate of drug-likeness (QED) is 0.0187. The van der Waals surface area contributed by atoms with Gasteiger partial charge in [-0.05, 0) is 201 Å². The van der Waals surface area contributed by atoms with Crippen molar-refractivity contribution in [2.24, 2.45) is 0 Å². The summed E-state index contributed by atoms with van der Waals surface area (Å²) in [6.07, 6.45) is 0. The molecule has 1 amide bonds. The number of imidazole rings is 1. The summed E-state index contributed by atoms with van der Waals surface area (Å²) in [5, 5.41) is 40.5. The minimum absolute atomic E-state index is 0. The molecule has 2 radical (unpaired) electrons. The van der Waals surface area contributed by atoms with Crippen LogP contribution >= 0.6 is 109 Å². The van der Waals surface area contributed by atoms with Gasteiger partial charge in [0, 0.05) is 86.2 Å². The summed E-state index contributed by atoms with van der Waals surface area (Å²) in [4.78, 5) is 47.2. The van der Waals surface area contributed by atoms with Gasteiger partial charge in [-0.15, -0.1) is 0 Å². The number of amides is 1. The van der Waals surface area contributed by atoms with Crippen molar-refractivity contribution in [1.29, 1.82) is 0 Å². The number of hydrogen-bond donors (Lipinski definition) is 7. The largest absolute Gasteiger partial charge is 1.00 e. The summed E-state index contributed by atoms with van der Waals surface area (Å²) >= 11 is 21.3. The zero-order valence-electron chi connectivity index (χ0n) is 59.6. The van der Waals surface area contributed by atoms with Gasteiger partial charge in [0.1, 0.15) is 11.5 Å². The fourth-order valence-corrected chi connectivity index (χ4v) is 10.6. The van der Waals surface area contributed by atoms with Gasteiger partial charge in [-0.2, -0.15) is 4.39 Å². The molecule has 13 aromatic carbocycles. The van der Waals surface area contributed by atoms with Gasteiger partial charge in [-0.3, -0.25) is 34.4 Å². The molecule has 0 aliphatic rings. The van der Waals surface area contributed by atoms with Crippen molar-refractivity contribution in [3.05, 3.63) is 393 Å². The number of aromatic nitrogens is 2. The number of nitrogens with two attached hydrogens (primary N) is 2. The number of para-hydroxylation sites is 9. The number of nitrogens with zero attached hydrogens (tertiary/aromatic N) is 4. The van der Waals surface area contributed by atoms with Gasteiger partial charge < -0.3 is 42.5 Å². The van der Waals surface area contributed by atoms with E-state index >= 15 is 0 Å². The molecule has 29 heteroatoms. The van der Waals surface area contributed by atoms with Gasteiger partial charge in [-0.1, -0.05) is 227 Å². The Labute approximate surface area is 761 Å². The van der Waals surface area contributed by atoms with Crippen LogP contribution in [0.1, 0.15) is 35.1 Å². The van der Waals surface area contributed by atoms with E-state index in [0.717, 1.165) is 108 Å². The van der Waals surface area contributed by atoms with Crippen molar-refractivity contribution in [3.63, 3.8) is 0 Å². The maximum atomic E-state index is 12.4. The van der Waals surface area contributed by atoms with Crippen LogP contribution < -0.4 is 88.8 Å². The van der Waals surface area contributed by atoms with E-state index in [1.54, 1.807) is 61.5 Å². The topological polar surface area (TPSA) is 259 Å². The van der Waals surface area contributed by atoms with Crippen molar-refractivity contribution in [2.75, 3.05) is 39.3 Å². The molecule has 0 saturated heterocycles. The van der Waals surface area contributed by atoms with Crippen LogP contribution in [-0.4, -0.2) is 61.1 Å². The fourth-order valence-electron chi connectivity index (χ4n) is 9.19. The molecule has 0 saturated carbocycles. The Bertz CT molecular complexity index is 5120. The number of nitro benzene ring substituents is 2. The molecule has 113 heavy (non-hydrogen) atoms. The van der Waals surface area contributed by atoms with Crippen LogP contribution in [0, 0.1) is 26.0 Å². The monoisotopic (exact) mass is 2030 g/mol. The summed E-state index contributed by atoms with van der Waals surface area (Å²) in [7, 11) is 9.87. The molecule has 9 N–H and O–H groups in total. The number of benzene rings is 13. The van der Waals surface area contributed by atoms with Gasteiger partial charge in [0.2, 0.25) is 5.82 Å². The molecular weight excluding hydrogens is 1960 g/mol. The number of nitrogen functional groups attached to an aromatic ring is 2. The van der Waals surface area contributed by atoms with Crippen molar-refractivity contribution in [3.8, 4) is 17.1 Å². The predicted octanol–water partition coefficient (Wildman–Crippen LogP) is 20.2. The van der Waals surface area contributed by atoms with E-state index in [1.165, 1.54) is 18.2 Å². The smallest absolute Gasteiger partial charge is 1.00 e. The van der Waals surface area contributed by atoms with Crippen LogP contribution in [0.25, 0.3) is 28.1 Å². The van der Waals surface area contributed by atoms with E-state index in [1.807, 2.05) is 200 Å². The third-order valence-corrected chi connectivity index (χ3v) is 17.1. The Morgan fingerprint density at radius 2 is 0.823 bits per heavy atom. The Hall–Kier alpha value is -8.20. The number of carbonyl (C=O) groups is 2. The minimum atomic E-state index is -0.826. The maximum Gasteiger partial charge on any atom is 1.00 e. The number of halogens is 10. The maximum absolute atomic E-state index is 12.4. The Morgan fingerprint density at radius 1 is 0.478 bits per heavy atom. The Balaban J connectivity index is 0.000000345. The Kier molecular flexibility index (Phi) is 48.5. The predicted molar refractivity (Wildman–Crippen MR) is 476 cm³/mol. The molecule has 0 bridgehead atoms. The van der Waals surface area contributed by atoms with E-state index in [4.69, 9.17) is 51.0 Å². The molecule has 1 aromatic heterocycles. The van der Waals surface area contributed by atoms with E-state index in [-0.39, 0.29) is 81.7 Å². The van der Waals surface area contributed by atoms with Crippen molar-refractivity contribution >= 4 is 213 Å². The molecule has 0 fully saturated rings. The van der Waals surface area contributed by atoms with E-state index in [2.05, 4.69) is 154 Å². The number of rotatable bonds is 13. The Morgan fingerprint density at radius 3 is 1.25 bits per heavy atom. The molecule has 0 atom stereocenters. The number of nitro groups is 2. The average molecular weight is 2040 g/mol. The van der Waals surface area contributed by atoms with E-state index in [9.17, 15) is 34.2 Å². The molecular formula is C84H73Br5Cl3F2KN10O7Sn. The second-order valence-corrected chi connectivity index (χ2v) is 31.2. The number of aliphatic hydroxyl groups is 1. The first-order chi connectivity index (χ1) is 53.1. The number of hydrogen-bond acceptors (Lipinski definition) is 13. The van der Waals surface area contributed by atoms with E-state index in [0.29, 0.717) is 16.8 Å². The van der Waals surface area contributed by atoms with Gasteiger partial charge in [0.25, 0.3) is 16.8 Å². The average Bonchev–Trinajstić information content (AvgIpc) is 1.63. The first-order valence-corrected chi connectivity index (χ1v) is 44.3.